The molecule has 1 aliphatic carbocycles. The lowest BCUT2D eigenvalue weighted by molar-refractivity contribution is -0.162. The summed E-state index contributed by atoms with van der Waals surface area (Å²) in [6.07, 6.45) is 0.868. The molecule has 0 bridgehead atoms. The Kier molecular flexibility index (Phi) is 3.26. The van der Waals surface area contributed by atoms with Crippen molar-refractivity contribution >= 4 is 0 Å². The van der Waals surface area contributed by atoms with Crippen LogP contribution < -0.4 is 5.73 Å². The summed E-state index contributed by atoms with van der Waals surface area (Å²) >= 11 is 0. The third kappa shape index (κ3) is 2.09. The van der Waals surface area contributed by atoms with Crippen LogP contribution in [0.15, 0.2) is 4.52 Å². The van der Waals surface area contributed by atoms with Crippen molar-refractivity contribution in [2.24, 2.45) is 11.1 Å². The molecule has 2 atom stereocenters. The Morgan fingerprint density at radius 3 is 2.47 bits per heavy atom. The van der Waals surface area contributed by atoms with Gasteiger partial charge < -0.3 is 15.0 Å². The number of aromatic nitrogens is 2. The molecule has 0 aromatic carbocycles. The lowest BCUT2D eigenvalue weighted by Crippen LogP contribution is -2.67. The van der Waals surface area contributed by atoms with Crippen LogP contribution in [-0.2, 0) is 15.7 Å². The summed E-state index contributed by atoms with van der Waals surface area (Å²) in [6, 6.07) is 0. The summed E-state index contributed by atoms with van der Waals surface area (Å²) < 4.78 is 11.1. The number of nitrogens with two attached hydrogens (primary N) is 1. The number of hydrogen-bond donors (Lipinski definition) is 1. The Balaban J connectivity index is 2.25. The highest BCUT2D eigenvalue weighted by atomic mass is 16.5. The van der Waals surface area contributed by atoms with Gasteiger partial charge in [-0.05, 0) is 6.92 Å². The molecule has 0 radical (unpaired) electrons. The quantitative estimate of drug-likeness (QED) is 0.910. The van der Waals surface area contributed by atoms with Gasteiger partial charge >= 0.3 is 0 Å². The van der Waals surface area contributed by atoms with Gasteiger partial charge in [0.1, 0.15) is 5.54 Å². The molecule has 19 heavy (non-hydrogen) atoms. The first-order valence-corrected chi connectivity index (χ1v) is 6.88. The van der Waals surface area contributed by atoms with E-state index in [-0.39, 0.29) is 16.9 Å². The molecular weight excluding hydrogens is 242 g/mol. The van der Waals surface area contributed by atoms with E-state index >= 15 is 0 Å². The van der Waals surface area contributed by atoms with Gasteiger partial charge in [-0.15, -0.1) is 0 Å². The molecule has 1 heterocycles. The second kappa shape index (κ2) is 4.28. The molecule has 1 saturated carbocycles. The minimum absolute atomic E-state index is 0.134. The van der Waals surface area contributed by atoms with Crippen molar-refractivity contribution in [3.8, 4) is 0 Å². The van der Waals surface area contributed by atoms with Crippen LogP contribution in [0.2, 0.25) is 0 Å². The maximum Gasteiger partial charge on any atom is 0.247 e. The van der Waals surface area contributed by atoms with Crippen molar-refractivity contribution in [1.29, 1.82) is 0 Å². The average molecular weight is 267 g/mol. The van der Waals surface area contributed by atoms with Gasteiger partial charge in [-0.2, -0.15) is 4.98 Å². The highest BCUT2D eigenvalue weighted by Gasteiger charge is 2.62. The topological polar surface area (TPSA) is 74.2 Å². The summed E-state index contributed by atoms with van der Waals surface area (Å²) in [7, 11) is 0. The van der Waals surface area contributed by atoms with Crippen molar-refractivity contribution in [2.75, 3.05) is 6.61 Å². The summed E-state index contributed by atoms with van der Waals surface area (Å²) in [5.41, 5.74) is 5.57. The molecule has 5 heteroatoms. The number of ether oxygens (including phenoxy) is 1. The molecule has 5 nitrogen and oxygen atoms in total. The van der Waals surface area contributed by atoms with Crippen LogP contribution >= 0.6 is 0 Å². The zero-order chi connectivity index (χ0) is 14.5. The minimum Gasteiger partial charge on any atom is -0.378 e. The predicted molar refractivity (Wildman–Crippen MR) is 72.7 cm³/mol. The van der Waals surface area contributed by atoms with E-state index in [1.165, 1.54) is 0 Å². The maximum atomic E-state index is 6.50. The second-order valence-electron chi connectivity index (χ2n) is 7.01. The Hall–Kier alpha value is -0.940. The predicted octanol–water partition coefficient (Wildman–Crippen LogP) is 2.36. The monoisotopic (exact) mass is 267 g/mol. The molecule has 2 N–H and O–H groups in total. The molecule has 1 aliphatic rings. The number of hydrogen-bond acceptors (Lipinski definition) is 5. The van der Waals surface area contributed by atoms with Crippen LogP contribution in [0, 0.1) is 5.41 Å². The van der Waals surface area contributed by atoms with Crippen molar-refractivity contribution in [2.45, 2.75) is 65.0 Å². The van der Waals surface area contributed by atoms with Crippen molar-refractivity contribution in [1.82, 2.24) is 10.1 Å². The molecule has 2 unspecified atom stereocenters. The third-order valence-corrected chi connectivity index (χ3v) is 4.31. The Morgan fingerprint density at radius 1 is 1.42 bits per heavy atom. The van der Waals surface area contributed by atoms with Gasteiger partial charge in [-0.3, -0.25) is 0 Å². The van der Waals surface area contributed by atoms with Crippen LogP contribution in [0.1, 0.15) is 59.7 Å². The van der Waals surface area contributed by atoms with E-state index < -0.39 is 5.54 Å². The molecule has 2 rings (SSSR count). The average Bonchev–Trinajstić information content (AvgIpc) is 2.77. The normalized spacial score (nSPS) is 30.2. The van der Waals surface area contributed by atoms with Crippen molar-refractivity contribution < 1.29 is 9.26 Å². The second-order valence-corrected chi connectivity index (χ2v) is 7.01. The molecule has 1 fully saturated rings. The number of rotatable bonds is 3. The van der Waals surface area contributed by atoms with Crippen LogP contribution in [-0.4, -0.2) is 22.9 Å². The molecule has 0 spiro atoms. The van der Waals surface area contributed by atoms with E-state index in [0.717, 1.165) is 6.42 Å². The fourth-order valence-electron chi connectivity index (χ4n) is 2.51. The number of nitrogens with zero attached hydrogens (tertiary/aromatic N) is 2. The SMILES string of the molecule is CCOC1CC(N)(c2nc(C(C)(C)C)no2)C1(C)C. The van der Waals surface area contributed by atoms with E-state index in [2.05, 4.69) is 44.8 Å². The van der Waals surface area contributed by atoms with E-state index in [1.807, 2.05) is 6.92 Å². The molecule has 108 valence electrons. The van der Waals surface area contributed by atoms with E-state index in [9.17, 15) is 0 Å². The van der Waals surface area contributed by atoms with Crippen LogP contribution in [0.25, 0.3) is 0 Å². The molecule has 0 amide bonds. The molecule has 0 saturated heterocycles. The zero-order valence-electron chi connectivity index (χ0n) is 12.8. The van der Waals surface area contributed by atoms with Gasteiger partial charge in [0.05, 0.1) is 6.10 Å². The molecule has 0 aliphatic heterocycles. The molecular formula is C14H25N3O2. The zero-order valence-corrected chi connectivity index (χ0v) is 12.8. The standard InChI is InChI=1S/C14H25N3O2/c1-7-18-9-8-14(15,13(9,5)6)11-16-10(17-19-11)12(2,3)4/h9H,7-8,15H2,1-6H3. The summed E-state index contributed by atoms with van der Waals surface area (Å²) in [5.74, 6) is 1.22. The van der Waals surface area contributed by atoms with Gasteiger partial charge in [0, 0.05) is 23.9 Å². The van der Waals surface area contributed by atoms with E-state index in [1.54, 1.807) is 0 Å². The maximum absolute atomic E-state index is 6.50. The van der Waals surface area contributed by atoms with E-state index in [4.69, 9.17) is 15.0 Å². The largest absolute Gasteiger partial charge is 0.378 e. The van der Waals surface area contributed by atoms with Gasteiger partial charge in [-0.25, -0.2) is 0 Å². The van der Waals surface area contributed by atoms with Crippen LogP contribution in [0.4, 0.5) is 0 Å². The Morgan fingerprint density at radius 2 is 2.05 bits per heavy atom. The summed E-state index contributed by atoms with van der Waals surface area (Å²) in [4.78, 5) is 4.51. The van der Waals surface area contributed by atoms with Gasteiger partial charge in [-0.1, -0.05) is 39.8 Å². The first kappa shape index (κ1) is 14.5. The van der Waals surface area contributed by atoms with Crippen molar-refractivity contribution in [3.63, 3.8) is 0 Å². The highest BCUT2D eigenvalue weighted by molar-refractivity contribution is 5.21. The minimum atomic E-state index is -0.594. The van der Waals surface area contributed by atoms with Crippen LogP contribution in [0.5, 0.6) is 0 Å². The fraction of sp³-hybridized carbons (Fsp3) is 0.857. The van der Waals surface area contributed by atoms with Gasteiger partial charge in [0.25, 0.3) is 0 Å². The van der Waals surface area contributed by atoms with Gasteiger partial charge in [0.2, 0.25) is 5.89 Å². The van der Waals surface area contributed by atoms with Gasteiger partial charge in [0.15, 0.2) is 5.82 Å². The van der Waals surface area contributed by atoms with Crippen LogP contribution in [0.3, 0.4) is 0 Å². The lowest BCUT2D eigenvalue weighted by Gasteiger charge is -2.56. The lowest BCUT2D eigenvalue weighted by atomic mass is 9.54. The smallest absolute Gasteiger partial charge is 0.247 e. The first-order chi connectivity index (χ1) is 8.63. The summed E-state index contributed by atoms with van der Waals surface area (Å²) in [6.45, 7) is 13.0. The Labute approximate surface area is 114 Å². The van der Waals surface area contributed by atoms with Crippen molar-refractivity contribution in [3.05, 3.63) is 11.7 Å². The molecule has 1 aromatic rings. The fourth-order valence-corrected chi connectivity index (χ4v) is 2.51. The Bertz CT molecular complexity index is 462. The molecule has 1 aromatic heterocycles. The van der Waals surface area contributed by atoms with E-state index in [0.29, 0.717) is 18.3 Å². The first-order valence-electron chi connectivity index (χ1n) is 6.88. The highest BCUT2D eigenvalue weighted by Crippen LogP contribution is 2.55. The third-order valence-electron chi connectivity index (χ3n) is 4.31. The summed E-state index contributed by atoms with van der Waals surface area (Å²) in [5, 5.41) is 4.07.